The summed E-state index contributed by atoms with van der Waals surface area (Å²) in [6, 6.07) is 8.10. The van der Waals surface area contributed by atoms with E-state index in [1.807, 2.05) is 12.1 Å². The van der Waals surface area contributed by atoms with E-state index in [1.54, 1.807) is 34.1 Å². The molecule has 1 atom stereocenters. The van der Waals surface area contributed by atoms with Crippen molar-refractivity contribution in [3.8, 4) is 5.75 Å². The lowest BCUT2D eigenvalue weighted by atomic mass is 10.2. The molecule has 0 fully saturated rings. The Kier molecular flexibility index (Phi) is 3.72. The van der Waals surface area contributed by atoms with Gasteiger partial charge in [0.15, 0.2) is 0 Å². The maximum Gasteiger partial charge on any atom is 0.118 e. The van der Waals surface area contributed by atoms with Crippen LogP contribution in [0.1, 0.15) is 5.56 Å². The third kappa shape index (κ3) is 2.56. The molecule has 0 bridgehead atoms. The van der Waals surface area contributed by atoms with Crippen molar-refractivity contribution in [3.63, 3.8) is 0 Å². The molecule has 0 aliphatic carbocycles. The van der Waals surface area contributed by atoms with Crippen LogP contribution in [0.4, 0.5) is 0 Å². The van der Waals surface area contributed by atoms with E-state index in [-0.39, 0.29) is 0 Å². The van der Waals surface area contributed by atoms with E-state index < -0.39 is 0 Å². The Morgan fingerprint density at radius 1 is 1.33 bits per heavy atom. The number of benzene rings is 1. The minimum absolute atomic E-state index is 0.363. The normalized spacial score (nSPS) is 19.8. The van der Waals surface area contributed by atoms with Gasteiger partial charge in [-0.15, -0.1) is 0 Å². The average Bonchev–Trinajstić information content (AvgIpc) is 2.78. The summed E-state index contributed by atoms with van der Waals surface area (Å²) < 4.78 is 5.12. The van der Waals surface area contributed by atoms with Gasteiger partial charge in [0.05, 0.1) is 12.4 Å². The van der Waals surface area contributed by atoms with Gasteiger partial charge in [0, 0.05) is 4.91 Å². The fourth-order valence-electron chi connectivity index (χ4n) is 1.27. The molecule has 4 heteroatoms. The van der Waals surface area contributed by atoms with Crippen LogP contribution in [-0.2, 0) is 0 Å². The Bertz CT molecular complexity index is 383. The highest BCUT2D eigenvalue weighted by Gasteiger charge is 2.16. The van der Waals surface area contributed by atoms with Gasteiger partial charge in [-0.05, 0) is 23.1 Å². The van der Waals surface area contributed by atoms with Gasteiger partial charge in [0.25, 0.3) is 0 Å². The van der Waals surface area contributed by atoms with Crippen molar-refractivity contribution in [1.29, 1.82) is 0 Å². The predicted octanol–water partition coefficient (Wildman–Crippen LogP) is 3.80. The van der Waals surface area contributed by atoms with Crippen LogP contribution < -0.4 is 4.74 Å². The molecule has 1 aliphatic heterocycles. The standard InChI is InChI=1S/C11H10OS3/c1-12-9-4-2-8(3-5-9)11-6-10(7-13)14-15-11/h2-7,10H,1H3. The van der Waals surface area contributed by atoms with Gasteiger partial charge in [-0.3, -0.25) is 0 Å². The molecule has 0 N–H and O–H groups in total. The van der Waals surface area contributed by atoms with Gasteiger partial charge in [-0.1, -0.05) is 52.0 Å². The zero-order valence-corrected chi connectivity index (χ0v) is 10.6. The fraction of sp³-hybridized carbons (Fsp3) is 0.182. The summed E-state index contributed by atoms with van der Waals surface area (Å²) in [4.78, 5) is 1.29. The fourth-order valence-corrected chi connectivity index (χ4v) is 4.14. The summed E-state index contributed by atoms with van der Waals surface area (Å²) in [5.41, 5.74) is 1.23. The Hall–Kier alpha value is -0.450. The molecule has 0 aromatic heterocycles. The number of ether oxygens (including phenoxy) is 1. The van der Waals surface area contributed by atoms with Crippen molar-refractivity contribution in [2.75, 3.05) is 7.11 Å². The first-order chi connectivity index (χ1) is 7.33. The lowest BCUT2D eigenvalue weighted by molar-refractivity contribution is 0.415. The van der Waals surface area contributed by atoms with Gasteiger partial charge >= 0.3 is 0 Å². The second-order valence-corrected chi connectivity index (χ2v) is 5.73. The van der Waals surface area contributed by atoms with Crippen molar-refractivity contribution in [1.82, 2.24) is 0 Å². The second-order valence-electron chi connectivity index (χ2n) is 3.04. The summed E-state index contributed by atoms with van der Waals surface area (Å²) in [6.07, 6.45) is 2.20. The first-order valence-corrected chi connectivity index (χ1v) is 7.17. The van der Waals surface area contributed by atoms with Crippen LogP contribution in [0.5, 0.6) is 5.75 Å². The van der Waals surface area contributed by atoms with E-state index in [1.165, 1.54) is 10.5 Å². The van der Waals surface area contributed by atoms with E-state index >= 15 is 0 Å². The van der Waals surface area contributed by atoms with E-state index in [0.717, 1.165) is 5.75 Å². The number of hydrogen-bond acceptors (Lipinski definition) is 4. The molecule has 2 rings (SSSR count). The molecule has 1 aromatic carbocycles. The second kappa shape index (κ2) is 5.05. The highest BCUT2D eigenvalue weighted by atomic mass is 33.1. The molecule has 0 saturated heterocycles. The quantitative estimate of drug-likeness (QED) is 0.599. The van der Waals surface area contributed by atoms with Crippen molar-refractivity contribution >= 4 is 44.1 Å². The van der Waals surface area contributed by atoms with E-state index in [9.17, 15) is 0 Å². The highest BCUT2D eigenvalue weighted by molar-refractivity contribution is 8.81. The molecule has 0 saturated carbocycles. The van der Waals surface area contributed by atoms with Gasteiger partial charge in [-0.2, -0.15) is 0 Å². The van der Waals surface area contributed by atoms with Crippen LogP contribution in [0.3, 0.4) is 0 Å². The molecule has 0 amide bonds. The first kappa shape index (κ1) is 11.0. The highest BCUT2D eigenvalue weighted by Crippen LogP contribution is 2.46. The van der Waals surface area contributed by atoms with Gasteiger partial charge in [-0.25, -0.2) is 0 Å². The minimum atomic E-state index is 0.363. The third-order valence-corrected chi connectivity index (χ3v) is 5.17. The lowest BCUT2D eigenvalue weighted by Gasteiger charge is -2.02. The molecule has 1 nitrogen and oxygen atoms in total. The Labute approximate surface area is 103 Å². The van der Waals surface area contributed by atoms with E-state index in [2.05, 4.69) is 18.2 Å². The summed E-state index contributed by atoms with van der Waals surface area (Å²) >= 11 is 4.93. The van der Waals surface area contributed by atoms with Crippen LogP contribution in [0, 0.1) is 0 Å². The SMILES string of the molecule is COc1ccc(C2=CC(C=S)SS2)cc1. The van der Waals surface area contributed by atoms with Crippen LogP contribution in [-0.4, -0.2) is 17.7 Å². The van der Waals surface area contributed by atoms with E-state index in [4.69, 9.17) is 17.0 Å². The zero-order chi connectivity index (χ0) is 10.7. The predicted molar refractivity (Wildman–Crippen MR) is 73.6 cm³/mol. The summed E-state index contributed by atoms with van der Waals surface area (Å²) in [7, 11) is 5.25. The van der Waals surface area contributed by atoms with Gasteiger partial charge < -0.3 is 4.74 Å². The number of thiocarbonyl (C=S) groups is 1. The van der Waals surface area contributed by atoms with Crippen molar-refractivity contribution in [3.05, 3.63) is 35.9 Å². The number of rotatable bonds is 3. The summed E-state index contributed by atoms with van der Waals surface area (Å²) in [5.74, 6) is 0.890. The Morgan fingerprint density at radius 3 is 2.60 bits per heavy atom. The molecule has 0 radical (unpaired) electrons. The smallest absolute Gasteiger partial charge is 0.118 e. The first-order valence-electron chi connectivity index (χ1n) is 4.48. The zero-order valence-electron chi connectivity index (χ0n) is 8.17. The van der Waals surface area contributed by atoms with Crippen LogP contribution in [0.2, 0.25) is 0 Å². The number of methoxy groups -OCH3 is 1. The summed E-state index contributed by atoms with van der Waals surface area (Å²) in [5, 5.41) is 2.16. The third-order valence-electron chi connectivity index (χ3n) is 2.07. The van der Waals surface area contributed by atoms with Crippen LogP contribution in [0.25, 0.3) is 4.91 Å². The average molecular weight is 254 g/mol. The largest absolute Gasteiger partial charge is 0.497 e. The molecule has 0 spiro atoms. The molecular formula is C11H10OS3. The van der Waals surface area contributed by atoms with Crippen LogP contribution in [0.15, 0.2) is 30.3 Å². The Morgan fingerprint density at radius 2 is 2.07 bits per heavy atom. The van der Waals surface area contributed by atoms with E-state index in [0.29, 0.717) is 5.25 Å². The molecule has 1 unspecified atom stereocenters. The van der Waals surface area contributed by atoms with Crippen LogP contribution >= 0.6 is 33.8 Å². The minimum Gasteiger partial charge on any atom is -0.497 e. The van der Waals surface area contributed by atoms with Crippen molar-refractivity contribution in [2.24, 2.45) is 0 Å². The molecule has 1 aliphatic rings. The van der Waals surface area contributed by atoms with Crippen molar-refractivity contribution in [2.45, 2.75) is 5.25 Å². The maximum absolute atomic E-state index is 5.12. The van der Waals surface area contributed by atoms with Crippen molar-refractivity contribution < 1.29 is 4.74 Å². The number of hydrogen-bond donors (Lipinski definition) is 0. The molecule has 1 aromatic rings. The Balaban J connectivity index is 2.20. The summed E-state index contributed by atoms with van der Waals surface area (Å²) in [6.45, 7) is 0. The monoisotopic (exact) mass is 254 g/mol. The maximum atomic E-state index is 5.12. The molecule has 78 valence electrons. The van der Waals surface area contributed by atoms with Gasteiger partial charge in [0.2, 0.25) is 0 Å². The molecular weight excluding hydrogens is 244 g/mol. The molecule has 15 heavy (non-hydrogen) atoms. The topological polar surface area (TPSA) is 9.23 Å². The lowest BCUT2D eigenvalue weighted by Crippen LogP contribution is -1.90. The molecule has 1 heterocycles. The van der Waals surface area contributed by atoms with Gasteiger partial charge in [0.1, 0.15) is 5.75 Å².